The van der Waals surface area contributed by atoms with Crippen LogP contribution in [0.25, 0.3) is 0 Å². The van der Waals surface area contributed by atoms with E-state index in [9.17, 15) is 0 Å². The van der Waals surface area contributed by atoms with Crippen molar-refractivity contribution in [3.8, 4) is 0 Å². The van der Waals surface area contributed by atoms with Crippen LogP contribution >= 0.6 is 22.6 Å². The molecule has 0 aliphatic carbocycles. The highest BCUT2D eigenvalue weighted by Crippen LogP contribution is 2.22. The van der Waals surface area contributed by atoms with Crippen LogP contribution in [0.5, 0.6) is 0 Å². The van der Waals surface area contributed by atoms with E-state index in [0.29, 0.717) is 0 Å². The summed E-state index contributed by atoms with van der Waals surface area (Å²) < 4.78 is 1.31. The normalized spacial score (nSPS) is 21.6. The Bertz CT molecular complexity index is 312. The first-order valence-electron chi connectivity index (χ1n) is 6.70. The van der Waals surface area contributed by atoms with Gasteiger partial charge in [0, 0.05) is 13.1 Å². The van der Waals surface area contributed by atoms with Gasteiger partial charge in [0.25, 0.3) is 0 Å². The van der Waals surface area contributed by atoms with E-state index in [2.05, 4.69) is 57.8 Å². The summed E-state index contributed by atoms with van der Waals surface area (Å²) in [4.78, 5) is 2.64. The minimum atomic E-state index is 0.947. The summed E-state index contributed by atoms with van der Waals surface area (Å²) in [5.41, 5.74) is 1.46. The molecule has 1 aliphatic rings. The highest BCUT2D eigenvalue weighted by Gasteiger charge is 2.19. The number of rotatable bonds is 5. The number of halogens is 1. The van der Waals surface area contributed by atoms with Gasteiger partial charge in [-0.3, -0.25) is 4.90 Å². The van der Waals surface area contributed by atoms with Gasteiger partial charge in [-0.25, -0.2) is 0 Å². The average Bonchev–Trinajstić information content (AvgIpc) is 2.38. The number of piperidine rings is 1. The van der Waals surface area contributed by atoms with Crippen LogP contribution in [-0.4, -0.2) is 22.4 Å². The second-order valence-corrected chi connectivity index (χ2v) is 6.14. The molecule has 0 saturated carbocycles. The van der Waals surface area contributed by atoms with E-state index in [4.69, 9.17) is 0 Å². The van der Waals surface area contributed by atoms with Crippen LogP contribution in [0.4, 0.5) is 0 Å². The molecule has 1 aromatic rings. The van der Waals surface area contributed by atoms with Crippen molar-refractivity contribution in [2.75, 3.05) is 17.5 Å². The van der Waals surface area contributed by atoms with Gasteiger partial charge in [-0.15, -0.1) is 0 Å². The first-order valence-corrected chi connectivity index (χ1v) is 8.23. The lowest BCUT2D eigenvalue weighted by atomic mass is 9.93. The highest BCUT2D eigenvalue weighted by atomic mass is 127. The molecule has 1 fully saturated rings. The Hall–Kier alpha value is -0.0900. The molecule has 1 nitrogen and oxygen atoms in total. The molecule has 0 amide bonds. The van der Waals surface area contributed by atoms with Gasteiger partial charge in [-0.05, 0) is 48.1 Å². The van der Waals surface area contributed by atoms with Gasteiger partial charge in [0.1, 0.15) is 0 Å². The number of nitrogens with zero attached hydrogens (tertiary/aromatic N) is 1. The van der Waals surface area contributed by atoms with Crippen molar-refractivity contribution in [2.24, 2.45) is 5.92 Å². The standard InChI is InChI=1S/C15H22IN/c16-10-4-8-15-9-5-11-17(13-15)12-14-6-2-1-3-7-14/h1-3,6-7,15H,4-5,8-13H2/t15-/m1/s1. The van der Waals surface area contributed by atoms with Gasteiger partial charge in [-0.2, -0.15) is 0 Å². The average molecular weight is 343 g/mol. The molecule has 0 bridgehead atoms. The first-order chi connectivity index (χ1) is 8.38. The Morgan fingerprint density at radius 2 is 2.06 bits per heavy atom. The summed E-state index contributed by atoms with van der Waals surface area (Å²) in [5.74, 6) is 0.947. The molecule has 1 aliphatic heterocycles. The first kappa shape index (κ1) is 13.3. The van der Waals surface area contributed by atoms with Crippen LogP contribution in [0, 0.1) is 5.92 Å². The molecule has 0 radical (unpaired) electrons. The number of hydrogen-bond donors (Lipinski definition) is 0. The zero-order valence-electron chi connectivity index (χ0n) is 10.4. The fraction of sp³-hybridized carbons (Fsp3) is 0.600. The van der Waals surface area contributed by atoms with E-state index in [1.54, 1.807) is 0 Å². The zero-order valence-corrected chi connectivity index (χ0v) is 12.6. The summed E-state index contributed by atoms with van der Waals surface area (Å²) in [7, 11) is 0. The highest BCUT2D eigenvalue weighted by molar-refractivity contribution is 14.1. The number of alkyl halides is 1. The second kappa shape index (κ2) is 7.37. The van der Waals surface area contributed by atoms with Crippen molar-refractivity contribution in [3.63, 3.8) is 0 Å². The maximum Gasteiger partial charge on any atom is 0.0233 e. The Morgan fingerprint density at radius 1 is 1.24 bits per heavy atom. The van der Waals surface area contributed by atoms with E-state index in [1.807, 2.05) is 0 Å². The van der Waals surface area contributed by atoms with E-state index in [1.165, 1.54) is 48.8 Å². The molecule has 17 heavy (non-hydrogen) atoms. The van der Waals surface area contributed by atoms with Gasteiger partial charge in [0.2, 0.25) is 0 Å². The number of likely N-dealkylation sites (tertiary alicyclic amines) is 1. The predicted octanol–water partition coefficient (Wildman–Crippen LogP) is 4.11. The lowest BCUT2D eigenvalue weighted by molar-refractivity contribution is 0.161. The third-order valence-corrected chi connectivity index (χ3v) is 4.36. The van der Waals surface area contributed by atoms with Crippen molar-refractivity contribution in [1.29, 1.82) is 0 Å². The molecule has 0 N–H and O–H groups in total. The van der Waals surface area contributed by atoms with Gasteiger partial charge in [0.05, 0.1) is 0 Å². The quantitative estimate of drug-likeness (QED) is 0.574. The fourth-order valence-corrected chi connectivity index (χ4v) is 3.18. The number of benzene rings is 1. The van der Waals surface area contributed by atoms with Gasteiger partial charge in [-0.1, -0.05) is 52.9 Å². The van der Waals surface area contributed by atoms with Crippen molar-refractivity contribution in [3.05, 3.63) is 35.9 Å². The van der Waals surface area contributed by atoms with E-state index < -0.39 is 0 Å². The van der Waals surface area contributed by atoms with Crippen LogP contribution in [0.1, 0.15) is 31.2 Å². The van der Waals surface area contributed by atoms with Crippen LogP contribution in [0.2, 0.25) is 0 Å². The molecule has 1 aromatic carbocycles. The van der Waals surface area contributed by atoms with Crippen molar-refractivity contribution in [1.82, 2.24) is 4.90 Å². The molecular weight excluding hydrogens is 321 g/mol. The summed E-state index contributed by atoms with van der Waals surface area (Å²) >= 11 is 2.49. The Balaban J connectivity index is 1.81. The molecular formula is C15H22IN. The summed E-state index contributed by atoms with van der Waals surface area (Å²) in [5, 5.41) is 0. The minimum absolute atomic E-state index is 0.947. The molecule has 0 aromatic heterocycles. The molecule has 1 atom stereocenters. The van der Waals surface area contributed by atoms with Crippen molar-refractivity contribution < 1.29 is 0 Å². The minimum Gasteiger partial charge on any atom is -0.299 e. The van der Waals surface area contributed by atoms with Crippen LogP contribution in [-0.2, 0) is 6.54 Å². The van der Waals surface area contributed by atoms with Gasteiger partial charge < -0.3 is 0 Å². The van der Waals surface area contributed by atoms with Crippen molar-refractivity contribution in [2.45, 2.75) is 32.2 Å². The van der Waals surface area contributed by atoms with Crippen LogP contribution < -0.4 is 0 Å². The maximum atomic E-state index is 2.64. The van der Waals surface area contributed by atoms with Gasteiger partial charge in [0.15, 0.2) is 0 Å². The van der Waals surface area contributed by atoms with Crippen LogP contribution in [0.3, 0.4) is 0 Å². The molecule has 2 rings (SSSR count). The van der Waals surface area contributed by atoms with Gasteiger partial charge >= 0.3 is 0 Å². The smallest absolute Gasteiger partial charge is 0.0233 e. The monoisotopic (exact) mass is 343 g/mol. The Labute approximate surface area is 119 Å². The summed E-state index contributed by atoms with van der Waals surface area (Å²) in [6, 6.07) is 10.9. The Morgan fingerprint density at radius 3 is 2.82 bits per heavy atom. The SMILES string of the molecule is ICCC[C@@H]1CCCN(Cc2ccccc2)C1. The largest absolute Gasteiger partial charge is 0.299 e. The zero-order chi connectivity index (χ0) is 11.9. The molecule has 0 spiro atoms. The molecule has 2 heteroatoms. The van der Waals surface area contributed by atoms with E-state index >= 15 is 0 Å². The summed E-state index contributed by atoms with van der Waals surface area (Å²) in [6.45, 7) is 3.74. The summed E-state index contributed by atoms with van der Waals surface area (Å²) in [6.07, 6.45) is 5.65. The van der Waals surface area contributed by atoms with E-state index in [-0.39, 0.29) is 0 Å². The lowest BCUT2D eigenvalue weighted by Crippen LogP contribution is -2.34. The predicted molar refractivity (Wildman–Crippen MR) is 82.6 cm³/mol. The molecule has 94 valence electrons. The fourth-order valence-electron chi connectivity index (χ4n) is 2.74. The Kier molecular flexibility index (Phi) is 5.78. The lowest BCUT2D eigenvalue weighted by Gasteiger charge is -2.32. The third kappa shape index (κ3) is 4.59. The molecule has 0 unspecified atom stereocenters. The maximum absolute atomic E-state index is 2.64. The molecule has 1 saturated heterocycles. The third-order valence-electron chi connectivity index (χ3n) is 3.60. The number of hydrogen-bond acceptors (Lipinski definition) is 1. The van der Waals surface area contributed by atoms with E-state index in [0.717, 1.165) is 12.5 Å². The van der Waals surface area contributed by atoms with Crippen molar-refractivity contribution >= 4 is 22.6 Å². The molecule has 1 heterocycles. The van der Waals surface area contributed by atoms with Crippen LogP contribution in [0.15, 0.2) is 30.3 Å². The topological polar surface area (TPSA) is 3.24 Å². The second-order valence-electron chi connectivity index (χ2n) is 5.06.